The molecule has 1 aromatic heterocycles. The molecule has 0 amide bonds. The van der Waals surface area contributed by atoms with Crippen molar-refractivity contribution >= 4 is 11.1 Å². The van der Waals surface area contributed by atoms with E-state index in [9.17, 15) is 4.21 Å². The van der Waals surface area contributed by atoms with Crippen molar-refractivity contribution < 1.29 is 18.0 Å². The van der Waals surface area contributed by atoms with Gasteiger partial charge in [-0.1, -0.05) is 23.3 Å². The molecule has 0 aliphatic carbocycles. The molecule has 0 spiro atoms. The van der Waals surface area contributed by atoms with Crippen LogP contribution in [-0.4, -0.2) is 19.1 Å². The number of aromatic nitrogens is 2. The molecule has 1 aromatic carbocycles. The van der Waals surface area contributed by atoms with Crippen molar-refractivity contribution in [1.82, 2.24) is 10.4 Å². The average Bonchev–Trinajstić information content (AvgIpc) is 2.67. The minimum atomic E-state index is -2.28. The molecular weight excluding hydrogens is 220 g/mol. The SMILES string of the molecule is O=S(O)c1nnoc1Oc1ccccc1. The van der Waals surface area contributed by atoms with E-state index in [1.165, 1.54) is 0 Å². The minimum absolute atomic E-state index is 0.179. The van der Waals surface area contributed by atoms with E-state index in [0.29, 0.717) is 5.75 Å². The topological polar surface area (TPSA) is 85.5 Å². The molecule has 1 heterocycles. The van der Waals surface area contributed by atoms with Crippen LogP contribution < -0.4 is 4.74 Å². The van der Waals surface area contributed by atoms with Crippen molar-refractivity contribution in [3.63, 3.8) is 0 Å². The first-order valence-electron chi connectivity index (χ1n) is 3.93. The first kappa shape index (κ1) is 9.81. The summed E-state index contributed by atoms with van der Waals surface area (Å²) in [5, 5.41) is 6.22. The van der Waals surface area contributed by atoms with Crippen molar-refractivity contribution in [2.45, 2.75) is 5.03 Å². The van der Waals surface area contributed by atoms with Crippen molar-refractivity contribution in [3.8, 4) is 11.7 Å². The van der Waals surface area contributed by atoms with Gasteiger partial charge in [0, 0.05) is 5.27 Å². The first-order chi connectivity index (χ1) is 7.27. The Bertz CT molecular complexity index is 471. The Balaban J connectivity index is 2.25. The second-order valence-corrected chi connectivity index (χ2v) is 3.41. The van der Waals surface area contributed by atoms with Crippen molar-refractivity contribution in [1.29, 1.82) is 0 Å². The molecule has 0 saturated carbocycles. The molecule has 7 heteroatoms. The minimum Gasteiger partial charge on any atom is -0.422 e. The lowest BCUT2D eigenvalue weighted by atomic mass is 10.3. The molecule has 15 heavy (non-hydrogen) atoms. The van der Waals surface area contributed by atoms with E-state index < -0.39 is 11.1 Å². The molecule has 0 aliphatic heterocycles. The molecular formula is C8H6N2O4S. The fourth-order valence-corrected chi connectivity index (χ4v) is 1.26. The van der Waals surface area contributed by atoms with Crippen LogP contribution in [0, 0.1) is 0 Å². The maximum atomic E-state index is 10.7. The van der Waals surface area contributed by atoms with E-state index in [0.717, 1.165) is 0 Å². The summed E-state index contributed by atoms with van der Waals surface area (Å²) in [6.45, 7) is 0. The van der Waals surface area contributed by atoms with E-state index in [4.69, 9.17) is 9.29 Å². The molecule has 1 N–H and O–H groups in total. The number of para-hydroxylation sites is 1. The summed E-state index contributed by atoms with van der Waals surface area (Å²) in [5.74, 6) is 0.296. The fraction of sp³-hybridized carbons (Fsp3) is 0. The van der Waals surface area contributed by atoms with Crippen LogP contribution in [0.1, 0.15) is 0 Å². The summed E-state index contributed by atoms with van der Waals surface area (Å²) in [6, 6.07) is 8.68. The van der Waals surface area contributed by atoms with Gasteiger partial charge in [0.2, 0.25) is 11.1 Å². The maximum Gasteiger partial charge on any atom is 0.356 e. The van der Waals surface area contributed by atoms with Gasteiger partial charge in [0.25, 0.3) is 5.03 Å². The highest BCUT2D eigenvalue weighted by molar-refractivity contribution is 7.79. The Hall–Kier alpha value is -1.73. The molecule has 2 rings (SSSR count). The second kappa shape index (κ2) is 4.20. The van der Waals surface area contributed by atoms with Crippen LogP contribution in [0.25, 0.3) is 0 Å². The highest BCUT2D eigenvalue weighted by Crippen LogP contribution is 2.24. The Labute approximate surface area is 87.1 Å². The average molecular weight is 226 g/mol. The zero-order valence-electron chi connectivity index (χ0n) is 7.36. The Kier molecular flexibility index (Phi) is 2.75. The van der Waals surface area contributed by atoms with Gasteiger partial charge in [-0.05, 0) is 12.1 Å². The summed E-state index contributed by atoms with van der Waals surface area (Å²) in [5.41, 5.74) is 0. The van der Waals surface area contributed by atoms with Crippen LogP contribution in [0.5, 0.6) is 11.7 Å². The predicted octanol–water partition coefficient (Wildman–Crippen LogP) is 1.44. The number of rotatable bonds is 3. The lowest BCUT2D eigenvalue weighted by Crippen LogP contribution is -1.92. The molecule has 0 saturated heterocycles. The van der Waals surface area contributed by atoms with Crippen molar-refractivity contribution in [3.05, 3.63) is 30.3 Å². The van der Waals surface area contributed by atoms with Gasteiger partial charge in [0.15, 0.2) is 0 Å². The van der Waals surface area contributed by atoms with E-state index in [2.05, 4.69) is 14.9 Å². The van der Waals surface area contributed by atoms with Gasteiger partial charge < -0.3 is 9.29 Å². The highest BCUT2D eigenvalue weighted by atomic mass is 32.2. The van der Waals surface area contributed by atoms with E-state index in [-0.39, 0.29) is 11.0 Å². The Morgan fingerprint density at radius 2 is 2.07 bits per heavy atom. The normalized spacial score (nSPS) is 12.3. The molecule has 0 fully saturated rings. The van der Waals surface area contributed by atoms with Crippen LogP contribution in [-0.2, 0) is 11.1 Å². The van der Waals surface area contributed by atoms with Crippen LogP contribution in [0.4, 0.5) is 0 Å². The third-order valence-electron chi connectivity index (χ3n) is 1.55. The van der Waals surface area contributed by atoms with Gasteiger partial charge in [-0.25, -0.2) is 4.21 Å². The van der Waals surface area contributed by atoms with Crippen molar-refractivity contribution in [2.75, 3.05) is 0 Å². The van der Waals surface area contributed by atoms with Gasteiger partial charge in [0.1, 0.15) is 5.75 Å². The molecule has 2 aromatic rings. The van der Waals surface area contributed by atoms with Gasteiger partial charge in [-0.3, -0.25) is 4.52 Å². The summed E-state index contributed by atoms with van der Waals surface area (Å²) < 4.78 is 29.3. The summed E-state index contributed by atoms with van der Waals surface area (Å²) in [4.78, 5) is 0. The Morgan fingerprint density at radius 3 is 2.73 bits per heavy atom. The quantitative estimate of drug-likeness (QED) is 0.797. The van der Waals surface area contributed by atoms with Gasteiger partial charge in [0.05, 0.1) is 0 Å². The maximum absolute atomic E-state index is 10.7. The monoisotopic (exact) mass is 226 g/mol. The lowest BCUT2D eigenvalue weighted by molar-refractivity contribution is 0.278. The number of ether oxygens (including phenoxy) is 1. The zero-order valence-corrected chi connectivity index (χ0v) is 8.18. The van der Waals surface area contributed by atoms with E-state index in [1.807, 2.05) is 6.07 Å². The summed E-state index contributed by atoms with van der Waals surface area (Å²) in [7, 11) is 0. The van der Waals surface area contributed by atoms with Crippen LogP contribution in [0.2, 0.25) is 0 Å². The van der Waals surface area contributed by atoms with Gasteiger partial charge in [-0.15, -0.1) is 0 Å². The van der Waals surface area contributed by atoms with E-state index >= 15 is 0 Å². The number of hydrogen-bond acceptors (Lipinski definition) is 5. The zero-order chi connectivity index (χ0) is 10.7. The van der Waals surface area contributed by atoms with Crippen LogP contribution >= 0.6 is 0 Å². The molecule has 1 atom stereocenters. The Morgan fingerprint density at radius 1 is 1.33 bits per heavy atom. The highest BCUT2D eigenvalue weighted by Gasteiger charge is 2.17. The fourth-order valence-electron chi connectivity index (χ4n) is 0.939. The lowest BCUT2D eigenvalue weighted by Gasteiger charge is -1.99. The van der Waals surface area contributed by atoms with Crippen LogP contribution in [0.3, 0.4) is 0 Å². The molecule has 0 bridgehead atoms. The predicted molar refractivity (Wildman–Crippen MR) is 49.9 cm³/mol. The number of nitrogens with zero attached hydrogens (tertiary/aromatic N) is 2. The largest absolute Gasteiger partial charge is 0.422 e. The standard InChI is InChI=1S/C8H6N2O4S/c11-15(12)7-8(14-10-9-7)13-6-4-2-1-3-5-6/h1-5H,(H,11,12). The molecule has 6 nitrogen and oxygen atoms in total. The molecule has 1 unspecified atom stereocenters. The molecule has 78 valence electrons. The van der Waals surface area contributed by atoms with Gasteiger partial charge in [-0.2, -0.15) is 0 Å². The number of hydrogen-bond donors (Lipinski definition) is 1. The van der Waals surface area contributed by atoms with E-state index in [1.54, 1.807) is 24.3 Å². The first-order valence-corrected chi connectivity index (χ1v) is 5.04. The van der Waals surface area contributed by atoms with Gasteiger partial charge >= 0.3 is 5.95 Å². The third kappa shape index (κ3) is 2.20. The smallest absolute Gasteiger partial charge is 0.356 e. The van der Waals surface area contributed by atoms with Crippen molar-refractivity contribution in [2.24, 2.45) is 0 Å². The second-order valence-electron chi connectivity index (χ2n) is 2.53. The number of benzene rings is 1. The van der Waals surface area contributed by atoms with Crippen LogP contribution in [0.15, 0.2) is 39.9 Å². The molecule has 0 radical (unpaired) electrons. The summed E-state index contributed by atoms with van der Waals surface area (Å²) in [6.07, 6.45) is 0. The molecule has 0 aliphatic rings. The third-order valence-corrected chi connectivity index (χ3v) is 2.13. The summed E-state index contributed by atoms with van der Waals surface area (Å²) >= 11 is -2.28.